The highest BCUT2D eigenvalue weighted by atomic mass is 35.5. The first kappa shape index (κ1) is 13.5. The number of rotatable bonds is 5. The van der Waals surface area contributed by atoms with Gasteiger partial charge in [0, 0.05) is 25.0 Å². The van der Waals surface area contributed by atoms with E-state index in [1.54, 1.807) is 0 Å². The third kappa shape index (κ3) is 3.49. The van der Waals surface area contributed by atoms with E-state index >= 15 is 0 Å². The lowest BCUT2D eigenvalue weighted by atomic mass is 10.1. The molecule has 3 nitrogen and oxygen atoms in total. The molecule has 0 spiro atoms. The lowest BCUT2D eigenvalue weighted by Crippen LogP contribution is -2.37. The van der Waals surface area contributed by atoms with Crippen LogP contribution in [0.15, 0.2) is 12.7 Å². The monoisotopic (exact) mass is 244 g/mol. The Labute approximate surface area is 104 Å². The maximum atomic E-state index is 12.0. The number of hydrogen-bond donors (Lipinski definition) is 1. The minimum absolute atomic E-state index is 0. The molecule has 2 fully saturated rings. The highest BCUT2D eigenvalue weighted by Crippen LogP contribution is 2.27. The molecular weight excluding hydrogens is 224 g/mol. The van der Waals surface area contributed by atoms with E-state index < -0.39 is 0 Å². The quantitative estimate of drug-likeness (QED) is 0.747. The van der Waals surface area contributed by atoms with Crippen LogP contribution in [0.3, 0.4) is 0 Å². The summed E-state index contributed by atoms with van der Waals surface area (Å²) < 4.78 is 0. The number of carbonyl (C=O) groups excluding carboxylic acids is 1. The van der Waals surface area contributed by atoms with Crippen molar-refractivity contribution in [2.24, 2.45) is 0 Å². The number of halogens is 1. The average molecular weight is 245 g/mol. The second-order valence-electron chi connectivity index (χ2n) is 4.56. The van der Waals surface area contributed by atoms with Crippen LogP contribution in [0.25, 0.3) is 0 Å². The standard InChI is InChI=1S/C12H20N2O.ClH/c1-2-8-14(11-5-6-11)12(15)9-10-4-3-7-13-10;/h2,10-11,13H,1,3-9H2;1H. The van der Waals surface area contributed by atoms with E-state index in [9.17, 15) is 4.79 Å². The minimum atomic E-state index is 0. The maximum absolute atomic E-state index is 12.0. The van der Waals surface area contributed by atoms with Gasteiger partial charge in [0.2, 0.25) is 5.91 Å². The van der Waals surface area contributed by atoms with Gasteiger partial charge in [-0.05, 0) is 32.2 Å². The van der Waals surface area contributed by atoms with E-state index in [2.05, 4.69) is 11.9 Å². The van der Waals surface area contributed by atoms with Crippen molar-refractivity contribution in [2.45, 2.75) is 44.2 Å². The largest absolute Gasteiger partial charge is 0.336 e. The van der Waals surface area contributed by atoms with Crippen LogP contribution in [0.4, 0.5) is 0 Å². The summed E-state index contributed by atoms with van der Waals surface area (Å²) in [6.07, 6.45) is 7.22. The van der Waals surface area contributed by atoms with Crippen LogP contribution < -0.4 is 5.32 Å². The zero-order valence-electron chi connectivity index (χ0n) is 9.65. The average Bonchev–Trinajstić information content (AvgIpc) is 2.93. The van der Waals surface area contributed by atoms with Crippen LogP contribution in [0.2, 0.25) is 0 Å². The van der Waals surface area contributed by atoms with E-state index in [0.717, 1.165) is 19.5 Å². The molecule has 92 valence electrons. The lowest BCUT2D eigenvalue weighted by Gasteiger charge is -2.22. The Morgan fingerprint density at radius 2 is 2.19 bits per heavy atom. The SMILES string of the molecule is C=CCN(C(=O)CC1CCCN1)C1CC1.Cl. The summed E-state index contributed by atoms with van der Waals surface area (Å²) in [5.41, 5.74) is 0. The zero-order valence-corrected chi connectivity index (χ0v) is 10.5. The van der Waals surface area contributed by atoms with Gasteiger partial charge in [0.25, 0.3) is 0 Å². The Bertz CT molecular complexity index is 247. The second-order valence-corrected chi connectivity index (χ2v) is 4.56. The smallest absolute Gasteiger partial charge is 0.224 e. The lowest BCUT2D eigenvalue weighted by molar-refractivity contribution is -0.131. The van der Waals surface area contributed by atoms with Crippen LogP contribution in [0, 0.1) is 0 Å². The molecule has 0 bridgehead atoms. The Morgan fingerprint density at radius 3 is 2.69 bits per heavy atom. The first-order valence-electron chi connectivity index (χ1n) is 5.95. The Morgan fingerprint density at radius 1 is 1.44 bits per heavy atom. The number of amides is 1. The predicted octanol–water partition coefficient (Wildman–Crippen LogP) is 1.73. The molecule has 1 amide bonds. The van der Waals surface area contributed by atoms with Crippen LogP contribution in [0.5, 0.6) is 0 Å². The van der Waals surface area contributed by atoms with Gasteiger partial charge < -0.3 is 10.2 Å². The molecule has 1 saturated heterocycles. The van der Waals surface area contributed by atoms with Crippen molar-refractivity contribution >= 4 is 18.3 Å². The first-order chi connectivity index (χ1) is 7.31. The normalized spacial score (nSPS) is 23.6. The minimum Gasteiger partial charge on any atom is -0.336 e. The van der Waals surface area contributed by atoms with Gasteiger partial charge in [-0.15, -0.1) is 19.0 Å². The van der Waals surface area contributed by atoms with E-state index in [0.29, 0.717) is 24.4 Å². The Hall–Kier alpha value is -0.540. The van der Waals surface area contributed by atoms with Gasteiger partial charge in [0.15, 0.2) is 0 Å². The van der Waals surface area contributed by atoms with E-state index in [4.69, 9.17) is 0 Å². The molecule has 4 heteroatoms. The molecule has 0 aromatic carbocycles. The summed E-state index contributed by atoms with van der Waals surface area (Å²) in [6.45, 7) is 5.51. The molecule has 1 aliphatic heterocycles. The van der Waals surface area contributed by atoms with Gasteiger partial charge in [-0.3, -0.25) is 4.79 Å². The van der Waals surface area contributed by atoms with E-state index in [-0.39, 0.29) is 12.4 Å². The fourth-order valence-corrected chi connectivity index (χ4v) is 2.24. The highest BCUT2D eigenvalue weighted by molar-refractivity contribution is 5.85. The van der Waals surface area contributed by atoms with Crippen LogP contribution in [-0.4, -0.2) is 36.0 Å². The van der Waals surface area contributed by atoms with Crippen molar-refractivity contribution < 1.29 is 4.79 Å². The predicted molar refractivity (Wildman–Crippen MR) is 67.8 cm³/mol. The molecule has 1 N–H and O–H groups in total. The van der Waals surface area contributed by atoms with Gasteiger partial charge in [-0.2, -0.15) is 0 Å². The van der Waals surface area contributed by atoms with Crippen molar-refractivity contribution in [3.63, 3.8) is 0 Å². The number of hydrogen-bond acceptors (Lipinski definition) is 2. The molecule has 16 heavy (non-hydrogen) atoms. The molecule has 1 heterocycles. The zero-order chi connectivity index (χ0) is 10.7. The number of nitrogens with one attached hydrogen (secondary N) is 1. The molecule has 0 aromatic rings. The van der Waals surface area contributed by atoms with Crippen molar-refractivity contribution in [1.29, 1.82) is 0 Å². The molecule has 0 aromatic heterocycles. The topological polar surface area (TPSA) is 32.3 Å². The Kier molecular flexibility index (Phi) is 5.29. The molecule has 1 aliphatic carbocycles. The summed E-state index contributed by atoms with van der Waals surface area (Å²) in [5.74, 6) is 0.303. The van der Waals surface area contributed by atoms with Crippen molar-refractivity contribution in [2.75, 3.05) is 13.1 Å². The van der Waals surface area contributed by atoms with Crippen LogP contribution in [0.1, 0.15) is 32.1 Å². The summed E-state index contributed by atoms with van der Waals surface area (Å²) in [4.78, 5) is 14.0. The molecular formula is C12H21ClN2O. The molecule has 2 rings (SSSR count). The summed E-state index contributed by atoms with van der Waals surface area (Å²) >= 11 is 0. The van der Waals surface area contributed by atoms with Gasteiger partial charge in [0.1, 0.15) is 0 Å². The van der Waals surface area contributed by atoms with E-state index in [1.807, 2.05) is 11.0 Å². The van der Waals surface area contributed by atoms with Crippen LogP contribution in [-0.2, 0) is 4.79 Å². The van der Waals surface area contributed by atoms with Crippen molar-refractivity contribution in [3.05, 3.63) is 12.7 Å². The van der Waals surface area contributed by atoms with E-state index in [1.165, 1.54) is 19.3 Å². The maximum Gasteiger partial charge on any atom is 0.224 e. The van der Waals surface area contributed by atoms with Crippen molar-refractivity contribution in [1.82, 2.24) is 10.2 Å². The third-order valence-electron chi connectivity index (χ3n) is 3.22. The first-order valence-corrected chi connectivity index (χ1v) is 5.95. The number of nitrogens with zero attached hydrogens (tertiary/aromatic N) is 1. The molecule has 1 saturated carbocycles. The van der Waals surface area contributed by atoms with Gasteiger partial charge in [0.05, 0.1) is 0 Å². The van der Waals surface area contributed by atoms with Gasteiger partial charge >= 0.3 is 0 Å². The second kappa shape index (κ2) is 6.26. The molecule has 2 aliphatic rings. The molecule has 0 radical (unpaired) electrons. The highest BCUT2D eigenvalue weighted by Gasteiger charge is 2.32. The fourth-order valence-electron chi connectivity index (χ4n) is 2.24. The van der Waals surface area contributed by atoms with Gasteiger partial charge in [-0.1, -0.05) is 6.08 Å². The summed E-state index contributed by atoms with van der Waals surface area (Å²) in [5, 5.41) is 3.37. The summed E-state index contributed by atoms with van der Waals surface area (Å²) in [6, 6.07) is 0.931. The van der Waals surface area contributed by atoms with Crippen LogP contribution >= 0.6 is 12.4 Å². The fraction of sp³-hybridized carbons (Fsp3) is 0.750. The number of carbonyl (C=O) groups is 1. The van der Waals surface area contributed by atoms with Crippen molar-refractivity contribution in [3.8, 4) is 0 Å². The molecule has 1 unspecified atom stereocenters. The molecule has 1 atom stereocenters. The Balaban J connectivity index is 0.00000128. The summed E-state index contributed by atoms with van der Waals surface area (Å²) in [7, 11) is 0. The third-order valence-corrected chi connectivity index (χ3v) is 3.22. The van der Waals surface area contributed by atoms with Gasteiger partial charge in [-0.25, -0.2) is 0 Å².